The predicted octanol–water partition coefficient (Wildman–Crippen LogP) is 1.12. The third kappa shape index (κ3) is 4.10. The van der Waals surface area contributed by atoms with E-state index in [-0.39, 0.29) is 17.9 Å². The third-order valence-electron chi connectivity index (χ3n) is 4.12. The second kappa shape index (κ2) is 8.10. The van der Waals surface area contributed by atoms with Gasteiger partial charge in [-0.25, -0.2) is 4.98 Å². The Balaban J connectivity index is 2.23. The van der Waals surface area contributed by atoms with Gasteiger partial charge in [0.15, 0.2) is 5.82 Å². The second-order valence-corrected chi connectivity index (χ2v) is 5.87. The van der Waals surface area contributed by atoms with Gasteiger partial charge >= 0.3 is 0 Å². The first-order valence-electron chi connectivity index (χ1n) is 8.25. The van der Waals surface area contributed by atoms with Crippen LogP contribution >= 0.6 is 0 Å². The molecule has 2 heterocycles. The molecule has 1 atom stereocenters. The molecule has 0 saturated carbocycles. The Hall–Kier alpha value is -1.89. The Kier molecular flexibility index (Phi) is 6.15. The average molecular weight is 322 g/mol. The van der Waals surface area contributed by atoms with Gasteiger partial charge < -0.3 is 19.9 Å². The Labute approximate surface area is 136 Å². The minimum absolute atomic E-state index is 0.0815. The van der Waals surface area contributed by atoms with Crippen LogP contribution in [0.3, 0.4) is 0 Å². The van der Waals surface area contributed by atoms with Crippen molar-refractivity contribution in [2.45, 2.75) is 52.1 Å². The minimum atomic E-state index is -0.240. The van der Waals surface area contributed by atoms with E-state index in [1.165, 1.54) is 0 Å². The van der Waals surface area contributed by atoms with Crippen LogP contribution in [0.1, 0.15) is 59.9 Å². The smallest absolute Gasteiger partial charge is 0.287 e. The number of imidazole rings is 1. The molecule has 1 aromatic heterocycles. The van der Waals surface area contributed by atoms with Crippen LogP contribution in [0.15, 0.2) is 0 Å². The lowest BCUT2D eigenvalue weighted by Crippen LogP contribution is -2.34. The number of hydrogen-bond acceptors (Lipinski definition) is 4. The first-order chi connectivity index (χ1) is 11.1. The van der Waals surface area contributed by atoms with Crippen LogP contribution in [0.2, 0.25) is 0 Å². The van der Waals surface area contributed by atoms with E-state index in [1.54, 1.807) is 7.11 Å². The van der Waals surface area contributed by atoms with Crippen molar-refractivity contribution in [3.8, 4) is 0 Å². The lowest BCUT2D eigenvalue weighted by molar-refractivity contribution is 0.0923. The van der Waals surface area contributed by atoms with Crippen molar-refractivity contribution in [3.63, 3.8) is 0 Å². The highest BCUT2D eigenvalue weighted by atomic mass is 16.5. The fourth-order valence-corrected chi connectivity index (χ4v) is 2.64. The normalized spacial score (nSPS) is 14.9. The summed E-state index contributed by atoms with van der Waals surface area (Å²) < 4.78 is 6.83. The summed E-state index contributed by atoms with van der Waals surface area (Å²) >= 11 is 0. The molecule has 0 bridgehead atoms. The summed E-state index contributed by atoms with van der Waals surface area (Å²) in [7, 11) is 1.59. The predicted molar refractivity (Wildman–Crippen MR) is 86.6 cm³/mol. The summed E-state index contributed by atoms with van der Waals surface area (Å²) in [6.45, 7) is 5.58. The average Bonchev–Trinajstić information content (AvgIpc) is 2.94. The molecular formula is C16H26N4O3. The van der Waals surface area contributed by atoms with Gasteiger partial charge in [0.2, 0.25) is 0 Å². The molecule has 0 aromatic carbocycles. The third-order valence-corrected chi connectivity index (χ3v) is 4.12. The zero-order chi connectivity index (χ0) is 16.8. The zero-order valence-electron chi connectivity index (χ0n) is 14.1. The SMILES string of the molecule is CCC(C)NC(=O)c1nc(C(=O)NCCOC)c2n1CCCC2. The molecule has 2 amide bonds. The topological polar surface area (TPSA) is 85.2 Å². The van der Waals surface area contributed by atoms with Gasteiger partial charge in [0.1, 0.15) is 5.69 Å². The number of fused-ring (bicyclic) bond motifs is 1. The van der Waals surface area contributed by atoms with E-state index in [9.17, 15) is 9.59 Å². The number of methoxy groups -OCH3 is 1. The minimum Gasteiger partial charge on any atom is -0.383 e. The van der Waals surface area contributed by atoms with Crippen molar-refractivity contribution in [2.75, 3.05) is 20.3 Å². The van der Waals surface area contributed by atoms with E-state index in [2.05, 4.69) is 15.6 Å². The Morgan fingerprint density at radius 1 is 1.35 bits per heavy atom. The molecule has 0 fully saturated rings. The van der Waals surface area contributed by atoms with Gasteiger partial charge in [-0.05, 0) is 32.6 Å². The van der Waals surface area contributed by atoms with E-state index in [4.69, 9.17) is 4.74 Å². The van der Waals surface area contributed by atoms with Gasteiger partial charge in [-0.3, -0.25) is 9.59 Å². The molecule has 0 aliphatic carbocycles. The van der Waals surface area contributed by atoms with Crippen LogP contribution in [0.5, 0.6) is 0 Å². The van der Waals surface area contributed by atoms with E-state index >= 15 is 0 Å². The van der Waals surface area contributed by atoms with Gasteiger partial charge in [0.05, 0.1) is 12.3 Å². The Bertz CT molecular complexity index is 568. The second-order valence-electron chi connectivity index (χ2n) is 5.87. The molecular weight excluding hydrogens is 296 g/mol. The Morgan fingerprint density at radius 2 is 2.13 bits per heavy atom. The van der Waals surface area contributed by atoms with Crippen molar-refractivity contribution in [1.82, 2.24) is 20.2 Å². The standard InChI is InChI=1S/C16H26N4O3/c1-4-11(2)18-16(22)14-19-13(15(21)17-8-10-23-3)12-7-5-6-9-20(12)14/h11H,4-10H2,1-3H3,(H,17,21)(H,18,22). The van der Waals surface area contributed by atoms with Crippen molar-refractivity contribution >= 4 is 11.8 Å². The molecule has 0 saturated heterocycles. The van der Waals surface area contributed by atoms with Gasteiger partial charge in [-0.1, -0.05) is 6.92 Å². The van der Waals surface area contributed by atoms with Crippen LogP contribution in [-0.4, -0.2) is 47.7 Å². The van der Waals surface area contributed by atoms with Gasteiger partial charge in [-0.2, -0.15) is 0 Å². The highest BCUT2D eigenvalue weighted by Crippen LogP contribution is 2.21. The number of rotatable bonds is 7. The molecule has 0 radical (unpaired) electrons. The molecule has 23 heavy (non-hydrogen) atoms. The van der Waals surface area contributed by atoms with Gasteiger partial charge in [0, 0.05) is 26.2 Å². The molecule has 1 unspecified atom stereocenters. The molecule has 1 aliphatic heterocycles. The number of carbonyl (C=O) groups is 2. The fourth-order valence-electron chi connectivity index (χ4n) is 2.64. The fraction of sp³-hybridized carbons (Fsp3) is 0.688. The first-order valence-corrected chi connectivity index (χ1v) is 8.25. The summed E-state index contributed by atoms with van der Waals surface area (Å²) in [5.41, 5.74) is 1.23. The van der Waals surface area contributed by atoms with Crippen molar-refractivity contribution in [3.05, 3.63) is 17.2 Å². The molecule has 7 nitrogen and oxygen atoms in total. The maximum atomic E-state index is 12.4. The van der Waals surface area contributed by atoms with E-state index in [1.807, 2.05) is 18.4 Å². The van der Waals surface area contributed by atoms with Crippen molar-refractivity contribution in [1.29, 1.82) is 0 Å². The maximum Gasteiger partial charge on any atom is 0.287 e. The summed E-state index contributed by atoms with van der Waals surface area (Å²) in [5, 5.41) is 5.71. The van der Waals surface area contributed by atoms with E-state index in [0.29, 0.717) is 24.7 Å². The Morgan fingerprint density at radius 3 is 2.83 bits per heavy atom. The maximum absolute atomic E-state index is 12.4. The van der Waals surface area contributed by atoms with Gasteiger partial charge in [-0.15, -0.1) is 0 Å². The first kappa shape index (κ1) is 17.5. The number of nitrogens with one attached hydrogen (secondary N) is 2. The van der Waals surface area contributed by atoms with Crippen LogP contribution in [0, 0.1) is 0 Å². The largest absolute Gasteiger partial charge is 0.383 e. The lowest BCUT2D eigenvalue weighted by Gasteiger charge is -2.18. The van der Waals surface area contributed by atoms with E-state index < -0.39 is 0 Å². The molecule has 1 aliphatic rings. The summed E-state index contributed by atoms with van der Waals surface area (Å²) in [6, 6.07) is 0.0815. The summed E-state index contributed by atoms with van der Waals surface area (Å²) in [6.07, 6.45) is 3.63. The lowest BCUT2D eigenvalue weighted by atomic mass is 10.1. The molecule has 0 spiro atoms. The van der Waals surface area contributed by atoms with Crippen LogP contribution in [0.25, 0.3) is 0 Å². The number of carbonyl (C=O) groups excluding carboxylic acids is 2. The zero-order valence-corrected chi connectivity index (χ0v) is 14.1. The molecule has 128 valence electrons. The number of hydrogen-bond donors (Lipinski definition) is 2. The molecule has 2 N–H and O–H groups in total. The number of amides is 2. The highest BCUT2D eigenvalue weighted by molar-refractivity contribution is 5.97. The summed E-state index contributed by atoms with van der Waals surface area (Å²) in [4.78, 5) is 29.1. The van der Waals surface area contributed by atoms with E-state index in [0.717, 1.165) is 37.9 Å². The molecule has 2 rings (SSSR count). The summed E-state index contributed by atoms with van der Waals surface area (Å²) in [5.74, 6) is -0.106. The molecule has 1 aromatic rings. The molecule has 7 heteroatoms. The highest BCUT2D eigenvalue weighted by Gasteiger charge is 2.27. The quantitative estimate of drug-likeness (QED) is 0.737. The van der Waals surface area contributed by atoms with Crippen LogP contribution in [-0.2, 0) is 17.7 Å². The van der Waals surface area contributed by atoms with Crippen LogP contribution in [0.4, 0.5) is 0 Å². The van der Waals surface area contributed by atoms with Crippen molar-refractivity contribution in [2.24, 2.45) is 0 Å². The van der Waals surface area contributed by atoms with Gasteiger partial charge in [0.25, 0.3) is 11.8 Å². The van der Waals surface area contributed by atoms with Crippen molar-refractivity contribution < 1.29 is 14.3 Å². The monoisotopic (exact) mass is 322 g/mol. The van der Waals surface area contributed by atoms with Crippen LogP contribution < -0.4 is 10.6 Å². The number of ether oxygens (including phenoxy) is 1. The number of nitrogens with zero attached hydrogens (tertiary/aromatic N) is 2. The number of aromatic nitrogens is 2.